The number of methoxy groups -OCH3 is 1. The number of hydrogen-bond donors (Lipinski definition) is 2. The Hall–Kier alpha value is -3.72. The van der Waals surface area contributed by atoms with Crippen LogP contribution >= 0.6 is 0 Å². The molecular weight excluding hydrogens is 444 g/mol. The maximum Gasteiger partial charge on any atom is 0.261 e. The lowest BCUT2D eigenvalue weighted by atomic mass is 10.2. The van der Waals surface area contributed by atoms with Crippen LogP contribution in [0.4, 0.5) is 11.4 Å². The van der Waals surface area contributed by atoms with Crippen molar-refractivity contribution in [3.63, 3.8) is 0 Å². The zero-order valence-corrected chi connectivity index (χ0v) is 19.4. The molecule has 0 aliphatic rings. The van der Waals surface area contributed by atoms with Gasteiger partial charge in [-0.2, -0.15) is 0 Å². The minimum absolute atomic E-state index is 0.0425. The first-order valence-electron chi connectivity index (χ1n) is 10.3. The molecule has 0 saturated carbocycles. The maximum absolute atomic E-state index is 12.9. The minimum atomic E-state index is -3.91. The van der Waals surface area contributed by atoms with Gasteiger partial charge in [0.15, 0.2) is 0 Å². The molecule has 33 heavy (non-hydrogen) atoms. The lowest BCUT2D eigenvalue weighted by Crippen LogP contribution is -2.16. The molecular formula is C24H26N2O6S. The van der Waals surface area contributed by atoms with Crippen molar-refractivity contribution < 1.29 is 27.4 Å². The van der Waals surface area contributed by atoms with Gasteiger partial charge in [0.1, 0.15) is 17.2 Å². The van der Waals surface area contributed by atoms with Gasteiger partial charge in [-0.1, -0.05) is 6.07 Å². The van der Waals surface area contributed by atoms with Crippen LogP contribution < -0.4 is 24.2 Å². The summed E-state index contributed by atoms with van der Waals surface area (Å²) in [6, 6.07) is 17.4. The van der Waals surface area contributed by atoms with Crippen LogP contribution in [0.25, 0.3) is 0 Å². The molecule has 0 radical (unpaired) electrons. The summed E-state index contributed by atoms with van der Waals surface area (Å²) in [6.07, 6.45) is 0. The van der Waals surface area contributed by atoms with E-state index in [1.807, 2.05) is 13.8 Å². The van der Waals surface area contributed by atoms with Gasteiger partial charge >= 0.3 is 0 Å². The highest BCUT2D eigenvalue weighted by molar-refractivity contribution is 7.92. The molecule has 174 valence electrons. The second-order valence-electron chi connectivity index (χ2n) is 6.84. The largest absolute Gasteiger partial charge is 0.497 e. The second-order valence-corrected chi connectivity index (χ2v) is 8.52. The molecule has 9 heteroatoms. The van der Waals surface area contributed by atoms with Crippen LogP contribution in [0.15, 0.2) is 71.6 Å². The Morgan fingerprint density at radius 3 is 2.24 bits per heavy atom. The summed E-state index contributed by atoms with van der Waals surface area (Å²) in [7, 11) is -2.38. The molecule has 0 spiro atoms. The van der Waals surface area contributed by atoms with Crippen molar-refractivity contribution >= 4 is 27.3 Å². The normalized spacial score (nSPS) is 10.9. The molecule has 1 amide bonds. The lowest BCUT2D eigenvalue weighted by molar-refractivity contribution is 0.102. The van der Waals surface area contributed by atoms with Crippen molar-refractivity contribution in [1.29, 1.82) is 0 Å². The molecule has 0 aromatic heterocycles. The summed E-state index contributed by atoms with van der Waals surface area (Å²) in [5.41, 5.74) is 0.981. The Bertz CT molecular complexity index is 1210. The Balaban J connectivity index is 1.82. The SMILES string of the molecule is CCOc1ccc(OCC)c(NC(=O)c2cccc(S(=O)(=O)Nc3ccc(OC)cc3)c2)c1. The zero-order valence-electron chi connectivity index (χ0n) is 18.6. The molecule has 0 fully saturated rings. The summed E-state index contributed by atoms with van der Waals surface area (Å²) < 4.78 is 44.3. The van der Waals surface area contributed by atoms with Crippen molar-refractivity contribution in [1.82, 2.24) is 0 Å². The van der Waals surface area contributed by atoms with E-state index in [0.29, 0.717) is 41.8 Å². The van der Waals surface area contributed by atoms with Gasteiger partial charge in [0.25, 0.3) is 15.9 Å². The third-order valence-electron chi connectivity index (χ3n) is 4.56. The number of benzene rings is 3. The quantitative estimate of drug-likeness (QED) is 0.451. The average Bonchev–Trinajstić information content (AvgIpc) is 2.81. The number of sulfonamides is 1. The first-order chi connectivity index (χ1) is 15.9. The number of ether oxygens (including phenoxy) is 3. The molecule has 0 saturated heterocycles. The summed E-state index contributed by atoms with van der Waals surface area (Å²) in [6.45, 7) is 4.59. The van der Waals surface area contributed by atoms with Gasteiger partial charge < -0.3 is 19.5 Å². The van der Waals surface area contributed by atoms with Crippen LogP contribution in [-0.2, 0) is 10.0 Å². The number of nitrogens with one attached hydrogen (secondary N) is 2. The minimum Gasteiger partial charge on any atom is -0.497 e. The van der Waals surface area contributed by atoms with E-state index in [4.69, 9.17) is 14.2 Å². The fourth-order valence-corrected chi connectivity index (χ4v) is 4.12. The van der Waals surface area contributed by atoms with Gasteiger partial charge in [-0.15, -0.1) is 0 Å². The predicted octanol–water partition coefficient (Wildman–Crippen LogP) is 4.55. The van der Waals surface area contributed by atoms with E-state index in [9.17, 15) is 13.2 Å². The van der Waals surface area contributed by atoms with Crippen molar-refractivity contribution in [3.05, 3.63) is 72.3 Å². The molecule has 2 N–H and O–H groups in total. The first-order valence-corrected chi connectivity index (χ1v) is 11.8. The molecule has 0 atom stereocenters. The van der Waals surface area contributed by atoms with Crippen LogP contribution in [0.3, 0.4) is 0 Å². The maximum atomic E-state index is 12.9. The molecule has 8 nitrogen and oxygen atoms in total. The summed E-state index contributed by atoms with van der Waals surface area (Å²) in [5.74, 6) is 1.19. The molecule has 0 bridgehead atoms. The Kier molecular flexibility index (Phi) is 7.78. The Morgan fingerprint density at radius 1 is 0.879 bits per heavy atom. The highest BCUT2D eigenvalue weighted by Gasteiger charge is 2.18. The molecule has 3 aromatic carbocycles. The Morgan fingerprint density at radius 2 is 1.58 bits per heavy atom. The van der Waals surface area contributed by atoms with Gasteiger partial charge in [0.2, 0.25) is 0 Å². The van der Waals surface area contributed by atoms with E-state index in [-0.39, 0.29) is 10.5 Å². The fraction of sp³-hybridized carbons (Fsp3) is 0.208. The monoisotopic (exact) mass is 470 g/mol. The topological polar surface area (TPSA) is 103 Å². The predicted molar refractivity (Wildman–Crippen MR) is 127 cm³/mol. The molecule has 3 aromatic rings. The van der Waals surface area contributed by atoms with Crippen molar-refractivity contribution in [3.8, 4) is 17.2 Å². The smallest absolute Gasteiger partial charge is 0.261 e. The number of rotatable bonds is 10. The number of amides is 1. The van der Waals surface area contributed by atoms with Crippen molar-refractivity contribution in [2.75, 3.05) is 30.4 Å². The highest BCUT2D eigenvalue weighted by atomic mass is 32.2. The van der Waals surface area contributed by atoms with Gasteiger partial charge in [-0.05, 0) is 68.4 Å². The van der Waals surface area contributed by atoms with Gasteiger partial charge in [0.05, 0.1) is 30.9 Å². The van der Waals surface area contributed by atoms with E-state index in [0.717, 1.165) is 0 Å². The molecule has 0 aliphatic carbocycles. The van der Waals surface area contributed by atoms with Gasteiger partial charge in [-0.3, -0.25) is 9.52 Å². The molecule has 3 rings (SSSR count). The second kappa shape index (κ2) is 10.7. The van der Waals surface area contributed by atoms with E-state index in [1.165, 1.54) is 31.4 Å². The Labute approximate surface area is 193 Å². The first kappa shape index (κ1) is 23.9. The summed E-state index contributed by atoms with van der Waals surface area (Å²) >= 11 is 0. The van der Waals surface area contributed by atoms with E-state index < -0.39 is 15.9 Å². The standard InChI is InChI=1S/C24H26N2O6S/c1-4-31-20-13-14-23(32-5-2)22(16-20)25-24(27)17-7-6-8-21(15-17)33(28,29)26-18-9-11-19(30-3)12-10-18/h6-16,26H,4-5H2,1-3H3,(H,25,27). The summed E-state index contributed by atoms with van der Waals surface area (Å²) in [5, 5.41) is 2.78. The van der Waals surface area contributed by atoms with Crippen LogP contribution in [0.2, 0.25) is 0 Å². The number of hydrogen-bond acceptors (Lipinski definition) is 6. The third-order valence-corrected chi connectivity index (χ3v) is 5.94. The van der Waals surface area contributed by atoms with Crippen LogP contribution in [0.5, 0.6) is 17.2 Å². The van der Waals surface area contributed by atoms with Crippen LogP contribution in [0.1, 0.15) is 24.2 Å². The van der Waals surface area contributed by atoms with Gasteiger partial charge in [0, 0.05) is 17.3 Å². The van der Waals surface area contributed by atoms with Crippen LogP contribution in [-0.4, -0.2) is 34.6 Å². The zero-order chi connectivity index (χ0) is 23.8. The molecule has 0 heterocycles. The van der Waals surface area contributed by atoms with E-state index >= 15 is 0 Å². The number of carbonyl (C=O) groups is 1. The lowest BCUT2D eigenvalue weighted by Gasteiger charge is -2.14. The van der Waals surface area contributed by atoms with Gasteiger partial charge in [-0.25, -0.2) is 8.42 Å². The van der Waals surface area contributed by atoms with Crippen molar-refractivity contribution in [2.45, 2.75) is 18.7 Å². The average molecular weight is 471 g/mol. The highest BCUT2D eigenvalue weighted by Crippen LogP contribution is 2.30. The number of carbonyl (C=O) groups excluding carboxylic acids is 1. The van der Waals surface area contributed by atoms with E-state index in [2.05, 4.69) is 10.0 Å². The summed E-state index contributed by atoms with van der Waals surface area (Å²) in [4.78, 5) is 12.9. The third kappa shape index (κ3) is 6.17. The molecule has 0 unspecified atom stereocenters. The molecule has 0 aliphatic heterocycles. The number of anilines is 2. The van der Waals surface area contributed by atoms with E-state index in [1.54, 1.807) is 42.5 Å². The van der Waals surface area contributed by atoms with Crippen molar-refractivity contribution in [2.24, 2.45) is 0 Å². The van der Waals surface area contributed by atoms with Crippen LogP contribution in [0, 0.1) is 0 Å². The fourth-order valence-electron chi connectivity index (χ4n) is 3.02.